The summed E-state index contributed by atoms with van der Waals surface area (Å²) in [6.45, 7) is 4.29. The molecule has 1 aromatic carbocycles. The maximum absolute atomic E-state index is 12.9. The van der Waals surface area contributed by atoms with Gasteiger partial charge < -0.3 is 31.1 Å². The minimum absolute atomic E-state index is 0.0880. The van der Waals surface area contributed by atoms with Gasteiger partial charge in [0.1, 0.15) is 11.5 Å². The summed E-state index contributed by atoms with van der Waals surface area (Å²) >= 11 is 2.52. The number of nitrogens with zero attached hydrogens (tertiary/aromatic N) is 10. The second-order valence-electron chi connectivity index (χ2n) is 15.8. The van der Waals surface area contributed by atoms with Crippen LogP contribution < -0.4 is 26.2 Å². The van der Waals surface area contributed by atoms with Gasteiger partial charge >= 0.3 is 6.18 Å². The molecule has 1 aliphatic carbocycles. The third-order valence-corrected chi connectivity index (χ3v) is 12.9. The van der Waals surface area contributed by atoms with Crippen LogP contribution in [0, 0.1) is 11.8 Å². The standard InChI is InChI=1S/C41H43F3N14O2S2/c42-41(43,44)28-5-1-24(2-6-28)19-35(59)49-39-55-53-38(61-39)48-30-13-17-58(18-14-30)34-10-8-32(51-52-34)31-7-3-25(22-45-31)20-36(60)50-40-56-54-37(62-40)47-29-11-15-57(16-12-29)33-9-4-26-21-27(26)23-46-33/h1-10,22,26-27,29-30H,11-21,23H2,(H,47,54)(H,48,53)(H,49,55,59)(H,50,56,60). The van der Waals surface area contributed by atoms with Crippen molar-refractivity contribution in [3.63, 3.8) is 0 Å². The van der Waals surface area contributed by atoms with Gasteiger partial charge in [0.15, 0.2) is 5.82 Å². The van der Waals surface area contributed by atoms with E-state index in [1.807, 2.05) is 24.3 Å². The van der Waals surface area contributed by atoms with Gasteiger partial charge in [0.05, 0.1) is 24.1 Å². The normalized spacial score (nSPS) is 19.3. The van der Waals surface area contributed by atoms with Gasteiger partial charge in [0.25, 0.3) is 0 Å². The lowest BCUT2D eigenvalue weighted by Gasteiger charge is -2.33. The van der Waals surface area contributed by atoms with Crippen LogP contribution >= 0.6 is 22.7 Å². The fourth-order valence-corrected chi connectivity index (χ4v) is 9.21. The van der Waals surface area contributed by atoms with Crippen molar-refractivity contribution in [3.05, 3.63) is 83.6 Å². The number of amides is 2. The summed E-state index contributed by atoms with van der Waals surface area (Å²) in [7, 11) is 0. The van der Waals surface area contributed by atoms with Crippen molar-refractivity contribution in [2.45, 2.75) is 63.2 Å². The molecule has 1 saturated carbocycles. The van der Waals surface area contributed by atoms with Gasteiger partial charge in [-0.05, 0) is 91.5 Å². The number of halogens is 3. The number of fused-ring (bicyclic) bond motifs is 1. The number of benzene rings is 1. The van der Waals surface area contributed by atoms with Crippen molar-refractivity contribution in [3.8, 4) is 11.4 Å². The van der Waals surface area contributed by atoms with E-state index in [4.69, 9.17) is 4.99 Å². The molecular formula is C41H43F3N14O2S2. The molecule has 3 aliphatic heterocycles. The Bertz CT molecular complexity index is 2410. The zero-order chi connectivity index (χ0) is 42.6. The van der Waals surface area contributed by atoms with E-state index in [0.29, 0.717) is 37.5 Å². The van der Waals surface area contributed by atoms with Crippen LogP contribution in [0.4, 0.5) is 39.5 Å². The minimum Gasteiger partial charge on any atom is -0.357 e. The molecule has 0 bridgehead atoms. The third kappa shape index (κ3) is 10.5. The molecule has 2 unspecified atom stereocenters. The van der Waals surface area contributed by atoms with Crippen molar-refractivity contribution in [1.82, 2.24) is 40.5 Å². The van der Waals surface area contributed by atoms with E-state index < -0.39 is 17.6 Å². The van der Waals surface area contributed by atoms with E-state index in [9.17, 15) is 22.8 Å². The number of piperidine rings is 2. The molecule has 62 heavy (non-hydrogen) atoms. The fourth-order valence-electron chi connectivity index (χ4n) is 7.73. The summed E-state index contributed by atoms with van der Waals surface area (Å²) in [5.74, 6) is 2.74. The van der Waals surface area contributed by atoms with Crippen LogP contribution in [0.3, 0.4) is 0 Å². The van der Waals surface area contributed by atoms with Crippen LogP contribution in [0.2, 0.25) is 0 Å². The highest BCUT2D eigenvalue weighted by atomic mass is 32.1. The van der Waals surface area contributed by atoms with E-state index in [-0.39, 0.29) is 30.8 Å². The van der Waals surface area contributed by atoms with Crippen molar-refractivity contribution >= 4 is 66.7 Å². The molecule has 4 aromatic heterocycles. The van der Waals surface area contributed by atoms with Gasteiger partial charge in [0, 0.05) is 51.0 Å². The number of carbonyl (C=O) groups excluding carboxylic acids is 2. The largest absolute Gasteiger partial charge is 0.416 e. The highest BCUT2D eigenvalue weighted by molar-refractivity contribution is 7.19. The highest BCUT2D eigenvalue weighted by Gasteiger charge is 2.36. The molecule has 0 spiro atoms. The lowest BCUT2D eigenvalue weighted by molar-refractivity contribution is -0.137. The molecule has 0 radical (unpaired) electrons. The number of hydrogen-bond acceptors (Lipinski definition) is 16. The summed E-state index contributed by atoms with van der Waals surface area (Å²) in [6, 6.07) is 12.4. The van der Waals surface area contributed by atoms with E-state index in [1.54, 1.807) is 6.20 Å². The summed E-state index contributed by atoms with van der Waals surface area (Å²) < 4.78 is 38.5. The Hall–Kier alpha value is -6.09. The summed E-state index contributed by atoms with van der Waals surface area (Å²) in [5, 5.41) is 39.9. The second-order valence-corrected chi connectivity index (χ2v) is 17.8. The second kappa shape index (κ2) is 18.1. The Morgan fingerprint density at radius 1 is 0.677 bits per heavy atom. The number of hydrogen-bond donors (Lipinski definition) is 4. The molecule has 3 fully saturated rings. The number of aromatic nitrogens is 7. The zero-order valence-corrected chi connectivity index (χ0v) is 35.0. The molecule has 2 atom stereocenters. The molecule has 7 heterocycles. The summed E-state index contributed by atoms with van der Waals surface area (Å²) in [4.78, 5) is 39.2. The SMILES string of the molecule is O=C(Cc1ccc(-c2ccc(N3CCC(Nc4nnc(NC(=O)Cc5ccc(C(F)(F)F)cc5)s4)CC3)nn2)nc1)Nc1nnc(NC2CCN(C3=NCC4CC4C=C3)CC2)s1. The van der Waals surface area contributed by atoms with Crippen LogP contribution in [0.15, 0.2) is 71.9 Å². The average molecular weight is 885 g/mol. The Morgan fingerprint density at radius 3 is 1.84 bits per heavy atom. The summed E-state index contributed by atoms with van der Waals surface area (Å²) in [5.41, 5.74) is 1.70. The summed E-state index contributed by atoms with van der Waals surface area (Å²) in [6.07, 6.45) is 6.66. The van der Waals surface area contributed by atoms with Crippen LogP contribution in [-0.2, 0) is 28.6 Å². The fraction of sp³-hybridized carbons (Fsp3) is 0.415. The highest BCUT2D eigenvalue weighted by Crippen LogP contribution is 2.41. The maximum atomic E-state index is 12.9. The first-order valence-electron chi connectivity index (χ1n) is 20.5. The minimum atomic E-state index is -4.43. The molecule has 322 valence electrons. The Morgan fingerprint density at radius 2 is 1.26 bits per heavy atom. The van der Waals surface area contributed by atoms with Crippen LogP contribution in [0.25, 0.3) is 11.4 Å². The molecule has 2 amide bonds. The molecular weight excluding hydrogens is 842 g/mol. The molecule has 2 saturated heterocycles. The molecule has 4 N–H and O–H groups in total. The first kappa shape index (κ1) is 41.3. The van der Waals surface area contributed by atoms with Gasteiger partial charge in [-0.25, -0.2) is 0 Å². The lowest BCUT2D eigenvalue weighted by atomic mass is 10.1. The number of rotatable bonds is 12. The van der Waals surface area contributed by atoms with Gasteiger partial charge in [0.2, 0.25) is 32.3 Å². The number of allylic oxidation sites excluding steroid dienone is 1. The average Bonchev–Trinajstić information content (AvgIpc) is 3.74. The first-order valence-corrected chi connectivity index (χ1v) is 22.2. The lowest BCUT2D eigenvalue weighted by Crippen LogP contribution is -2.41. The molecule has 5 aromatic rings. The predicted octanol–water partition coefficient (Wildman–Crippen LogP) is 6.18. The Kier molecular flexibility index (Phi) is 12.0. The van der Waals surface area contributed by atoms with E-state index in [0.717, 1.165) is 99.6 Å². The van der Waals surface area contributed by atoms with Gasteiger partial charge in [-0.3, -0.25) is 19.6 Å². The number of likely N-dealkylation sites (tertiary alicyclic amines) is 1. The van der Waals surface area contributed by atoms with Crippen molar-refractivity contribution in [2.75, 3.05) is 58.9 Å². The quantitative estimate of drug-likeness (QED) is 0.111. The third-order valence-electron chi connectivity index (χ3n) is 11.3. The van der Waals surface area contributed by atoms with Gasteiger partial charge in [-0.2, -0.15) is 13.2 Å². The number of alkyl halides is 3. The van der Waals surface area contributed by atoms with Gasteiger partial charge in [-0.1, -0.05) is 46.9 Å². The molecule has 9 rings (SSSR count). The predicted molar refractivity (Wildman–Crippen MR) is 231 cm³/mol. The van der Waals surface area contributed by atoms with E-state index in [2.05, 4.69) is 78.8 Å². The smallest absolute Gasteiger partial charge is 0.357 e. The number of anilines is 5. The van der Waals surface area contributed by atoms with Crippen molar-refractivity contribution in [2.24, 2.45) is 16.8 Å². The van der Waals surface area contributed by atoms with Gasteiger partial charge in [-0.15, -0.1) is 30.6 Å². The Balaban J connectivity index is 0.679. The monoisotopic (exact) mass is 884 g/mol. The zero-order valence-electron chi connectivity index (χ0n) is 33.4. The number of pyridine rings is 1. The van der Waals surface area contributed by atoms with Crippen LogP contribution in [0.5, 0.6) is 0 Å². The number of nitrogens with one attached hydrogen (secondary N) is 4. The molecule has 21 heteroatoms. The van der Waals surface area contributed by atoms with Crippen molar-refractivity contribution < 1.29 is 22.8 Å². The number of amidine groups is 1. The maximum Gasteiger partial charge on any atom is 0.416 e. The van der Waals surface area contributed by atoms with E-state index in [1.165, 1.54) is 41.2 Å². The van der Waals surface area contributed by atoms with Crippen LogP contribution in [-0.4, -0.2) is 103 Å². The number of aliphatic imine (C=N–C) groups is 1. The van der Waals surface area contributed by atoms with E-state index >= 15 is 0 Å². The molecule has 16 nitrogen and oxygen atoms in total. The Labute approximate surface area is 362 Å². The van der Waals surface area contributed by atoms with Crippen molar-refractivity contribution in [1.29, 1.82) is 0 Å². The topological polar surface area (TPSA) is 191 Å². The number of carbonyl (C=O) groups is 2. The van der Waals surface area contributed by atoms with Crippen LogP contribution in [0.1, 0.15) is 48.8 Å². The first-order chi connectivity index (χ1) is 30.1. The molecule has 4 aliphatic rings.